The van der Waals surface area contributed by atoms with Gasteiger partial charge in [0.05, 0.1) is 16.8 Å². The molecular weight excluding hydrogens is 289 g/mol. The maximum absolute atomic E-state index is 13.5. The Hall–Kier alpha value is -1.87. The van der Waals surface area contributed by atoms with E-state index in [1.165, 1.54) is 6.07 Å². The minimum absolute atomic E-state index is 0.112. The van der Waals surface area contributed by atoms with E-state index in [4.69, 9.17) is 16.3 Å². The number of hydrogen-bond acceptors (Lipinski definition) is 2. The molecule has 0 radical (unpaired) electrons. The summed E-state index contributed by atoms with van der Waals surface area (Å²) in [4.78, 5) is 4.12. The topological polar surface area (TPSA) is 21.6 Å². The van der Waals surface area contributed by atoms with Gasteiger partial charge in [-0.2, -0.15) is 0 Å². The molecule has 1 atom stereocenters. The number of para-hydroxylation sites is 1. The highest BCUT2D eigenvalue weighted by Crippen LogP contribution is 2.26. The molecule has 21 heavy (non-hydrogen) atoms. The average Bonchev–Trinajstić information content (AvgIpc) is 2.48. The Balaban J connectivity index is 2.15. The SMILES string of the molecule is CC[C@@H](C)Oc1ccc(C=Nc2ccccc2F)cc1Cl. The van der Waals surface area contributed by atoms with Crippen molar-refractivity contribution in [2.24, 2.45) is 4.99 Å². The Kier molecular flexibility index (Phi) is 5.34. The van der Waals surface area contributed by atoms with Gasteiger partial charge in [-0.15, -0.1) is 0 Å². The number of ether oxygens (including phenoxy) is 1. The Morgan fingerprint density at radius 2 is 2.05 bits per heavy atom. The zero-order valence-corrected chi connectivity index (χ0v) is 12.8. The molecule has 0 bridgehead atoms. The van der Waals surface area contributed by atoms with E-state index < -0.39 is 0 Å². The molecule has 2 aromatic rings. The van der Waals surface area contributed by atoms with Crippen LogP contribution in [0, 0.1) is 5.82 Å². The third-order valence-corrected chi connectivity index (χ3v) is 3.36. The maximum atomic E-state index is 13.5. The second kappa shape index (κ2) is 7.23. The molecule has 2 nitrogen and oxygen atoms in total. The molecule has 0 spiro atoms. The van der Waals surface area contributed by atoms with E-state index in [9.17, 15) is 4.39 Å². The van der Waals surface area contributed by atoms with Gasteiger partial charge < -0.3 is 4.74 Å². The lowest BCUT2D eigenvalue weighted by Gasteiger charge is -2.13. The molecule has 0 saturated heterocycles. The Morgan fingerprint density at radius 3 is 2.71 bits per heavy atom. The molecule has 0 fully saturated rings. The standard InChI is InChI=1S/C17H17ClFNO/c1-3-12(2)21-17-9-8-13(10-14(17)18)11-20-16-7-5-4-6-15(16)19/h4-12H,3H2,1-2H3/t12-/m1/s1. The largest absolute Gasteiger partial charge is 0.489 e. The summed E-state index contributed by atoms with van der Waals surface area (Å²) < 4.78 is 19.2. The highest BCUT2D eigenvalue weighted by atomic mass is 35.5. The van der Waals surface area contributed by atoms with Crippen LogP contribution < -0.4 is 4.74 Å². The molecule has 0 heterocycles. The van der Waals surface area contributed by atoms with E-state index in [-0.39, 0.29) is 11.9 Å². The van der Waals surface area contributed by atoms with Crippen molar-refractivity contribution in [1.29, 1.82) is 0 Å². The Labute approximate surface area is 129 Å². The highest BCUT2D eigenvalue weighted by molar-refractivity contribution is 6.32. The molecule has 4 heteroatoms. The van der Waals surface area contributed by atoms with Crippen LogP contribution >= 0.6 is 11.6 Å². The minimum atomic E-state index is -0.350. The second-order valence-corrected chi connectivity index (χ2v) is 5.14. The number of hydrogen-bond donors (Lipinski definition) is 0. The van der Waals surface area contributed by atoms with Gasteiger partial charge in [0.25, 0.3) is 0 Å². The quantitative estimate of drug-likeness (QED) is 0.677. The van der Waals surface area contributed by atoms with Gasteiger partial charge in [-0.05, 0) is 49.2 Å². The van der Waals surface area contributed by atoms with Crippen molar-refractivity contribution in [1.82, 2.24) is 0 Å². The van der Waals surface area contributed by atoms with Gasteiger partial charge in [-0.1, -0.05) is 30.7 Å². The zero-order chi connectivity index (χ0) is 15.2. The molecule has 0 aliphatic rings. The molecule has 110 valence electrons. The summed E-state index contributed by atoms with van der Waals surface area (Å²) in [6.45, 7) is 4.04. The van der Waals surface area contributed by atoms with Gasteiger partial charge in [-0.25, -0.2) is 4.39 Å². The zero-order valence-electron chi connectivity index (χ0n) is 12.0. The van der Waals surface area contributed by atoms with Crippen molar-refractivity contribution in [2.75, 3.05) is 0 Å². The van der Waals surface area contributed by atoms with Crippen LogP contribution in [-0.2, 0) is 0 Å². The summed E-state index contributed by atoms with van der Waals surface area (Å²) in [6.07, 6.45) is 2.60. The van der Waals surface area contributed by atoms with Crippen molar-refractivity contribution >= 4 is 23.5 Å². The van der Waals surface area contributed by atoms with Gasteiger partial charge in [0.15, 0.2) is 0 Å². The first-order valence-corrected chi connectivity index (χ1v) is 7.22. The summed E-state index contributed by atoms with van der Waals surface area (Å²) in [7, 11) is 0. The van der Waals surface area contributed by atoms with Crippen LogP contribution in [0.15, 0.2) is 47.5 Å². The van der Waals surface area contributed by atoms with Crippen LogP contribution in [0.1, 0.15) is 25.8 Å². The number of aliphatic imine (C=N–C) groups is 1. The van der Waals surface area contributed by atoms with Crippen LogP contribution in [0.4, 0.5) is 10.1 Å². The summed E-state index contributed by atoms with van der Waals surface area (Å²) in [5, 5.41) is 0.521. The monoisotopic (exact) mass is 305 g/mol. The lowest BCUT2D eigenvalue weighted by molar-refractivity contribution is 0.217. The molecule has 0 saturated carbocycles. The van der Waals surface area contributed by atoms with Gasteiger partial charge in [0, 0.05) is 6.21 Å². The first-order valence-electron chi connectivity index (χ1n) is 6.85. The fourth-order valence-corrected chi connectivity index (χ4v) is 1.93. The van der Waals surface area contributed by atoms with Crippen LogP contribution in [0.5, 0.6) is 5.75 Å². The van der Waals surface area contributed by atoms with Crippen molar-refractivity contribution in [3.63, 3.8) is 0 Å². The minimum Gasteiger partial charge on any atom is -0.489 e. The molecule has 0 aliphatic heterocycles. The first-order chi connectivity index (χ1) is 10.1. The number of benzene rings is 2. The fraction of sp³-hybridized carbons (Fsp3) is 0.235. The predicted molar refractivity (Wildman–Crippen MR) is 85.5 cm³/mol. The fourth-order valence-electron chi connectivity index (χ4n) is 1.69. The van der Waals surface area contributed by atoms with Crippen molar-refractivity contribution in [2.45, 2.75) is 26.4 Å². The van der Waals surface area contributed by atoms with E-state index in [0.29, 0.717) is 16.5 Å². The van der Waals surface area contributed by atoms with Gasteiger partial charge >= 0.3 is 0 Å². The maximum Gasteiger partial charge on any atom is 0.148 e. The lowest BCUT2D eigenvalue weighted by Crippen LogP contribution is -2.09. The molecule has 2 rings (SSSR count). The number of rotatable bonds is 5. The summed E-state index contributed by atoms with van der Waals surface area (Å²) in [5.74, 6) is 0.297. The lowest BCUT2D eigenvalue weighted by atomic mass is 10.2. The highest BCUT2D eigenvalue weighted by Gasteiger charge is 2.06. The van der Waals surface area contributed by atoms with Crippen LogP contribution in [0.25, 0.3) is 0 Å². The van der Waals surface area contributed by atoms with Gasteiger partial charge in [0.2, 0.25) is 0 Å². The first kappa shape index (κ1) is 15.5. The van der Waals surface area contributed by atoms with Crippen molar-refractivity contribution < 1.29 is 9.13 Å². The molecule has 0 aliphatic carbocycles. The normalized spacial score (nSPS) is 12.6. The van der Waals surface area contributed by atoms with E-state index >= 15 is 0 Å². The molecule has 2 aromatic carbocycles. The van der Waals surface area contributed by atoms with E-state index in [1.807, 2.05) is 19.9 Å². The van der Waals surface area contributed by atoms with E-state index in [2.05, 4.69) is 4.99 Å². The summed E-state index contributed by atoms with van der Waals surface area (Å²) in [5.41, 5.74) is 1.09. The number of halogens is 2. The molecule has 0 amide bonds. The smallest absolute Gasteiger partial charge is 0.148 e. The second-order valence-electron chi connectivity index (χ2n) is 4.74. The van der Waals surface area contributed by atoms with Crippen molar-refractivity contribution in [3.8, 4) is 5.75 Å². The van der Waals surface area contributed by atoms with Crippen LogP contribution in [-0.4, -0.2) is 12.3 Å². The van der Waals surface area contributed by atoms with Crippen LogP contribution in [0.2, 0.25) is 5.02 Å². The average molecular weight is 306 g/mol. The molecule has 0 N–H and O–H groups in total. The van der Waals surface area contributed by atoms with Crippen LogP contribution in [0.3, 0.4) is 0 Å². The van der Waals surface area contributed by atoms with E-state index in [0.717, 1.165) is 12.0 Å². The third-order valence-electron chi connectivity index (χ3n) is 3.06. The summed E-state index contributed by atoms with van der Waals surface area (Å²) >= 11 is 6.18. The molecule has 0 unspecified atom stereocenters. The Morgan fingerprint density at radius 1 is 1.29 bits per heavy atom. The van der Waals surface area contributed by atoms with Gasteiger partial charge in [0.1, 0.15) is 11.6 Å². The summed E-state index contributed by atoms with van der Waals surface area (Å²) in [6, 6.07) is 11.8. The van der Waals surface area contributed by atoms with E-state index in [1.54, 1.807) is 36.5 Å². The Bertz CT molecular complexity index is 642. The predicted octanol–water partition coefficient (Wildman–Crippen LogP) is 5.41. The van der Waals surface area contributed by atoms with Crippen molar-refractivity contribution in [3.05, 3.63) is 58.9 Å². The number of nitrogens with zero attached hydrogens (tertiary/aromatic N) is 1. The third kappa shape index (κ3) is 4.30. The van der Waals surface area contributed by atoms with Gasteiger partial charge in [-0.3, -0.25) is 4.99 Å². The molecule has 0 aromatic heterocycles. The molecular formula is C17H17ClFNO.